The summed E-state index contributed by atoms with van der Waals surface area (Å²) in [4.78, 5) is 34.9. The number of carbonyl (C=O) groups excluding carboxylic acids is 2. The van der Waals surface area contributed by atoms with Gasteiger partial charge in [0.2, 0.25) is 0 Å². The van der Waals surface area contributed by atoms with Gasteiger partial charge in [-0.05, 0) is 57.8 Å². The number of allylic oxidation sites excluding steroid dienone is 8. The summed E-state index contributed by atoms with van der Waals surface area (Å²) in [7, 11) is -4.39. The zero-order chi connectivity index (χ0) is 41.8. The number of hydrogen-bond donors (Lipinski definition) is 2. The maximum absolute atomic E-state index is 12.6. The standard InChI is InChI=1S/C47H86NO8P/c1-3-5-7-9-11-13-15-17-19-21-22-24-25-27-29-31-33-35-37-39-46(49)53-43-45(44-55-57(51,52)54-42-41-48)56-47(50)40-38-36-34-32-30-28-26-23-20-18-16-14-12-10-8-6-4-2/h11,13,17,19,22,24,27,29,45H,3-10,12,14-16,18,20-21,23,25-26,28,30-44,48H2,1-2H3,(H,51,52). The second kappa shape index (κ2) is 43.5. The number of rotatable bonds is 43. The summed E-state index contributed by atoms with van der Waals surface area (Å²) in [5.74, 6) is -0.860. The van der Waals surface area contributed by atoms with Crippen molar-refractivity contribution >= 4 is 19.8 Å². The van der Waals surface area contributed by atoms with Crippen molar-refractivity contribution in [3.8, 4) is 0 Å². The minimum atomic E-state index is -4.39. The van der Waals surface area contributed by atoms with Gasteiger partial charge < -0.3 is 20.1 Å². The summed E-state index contributed by atoms with van der Waals surface area (Å²) in [6, 6.07) is 0. The van der Waals surface area contributed by atoms with Gasteiger partial charge in [0.05, 0.1) is 13.2 Å². The third kappa shape index (κ3) is 43.4. The summed E-state index contributed by atoms with van der Waals surface area (Å²) in [6.45, 7) is 3.68. The molecule has 0 radical (unpaired) electrons. The maximum atomic E-state index is 12.6. The normalized spacial score (nSPS) is 13.7. The van der Waals surface area contributed by atoms with Crippen molar-refractivity contribution in [3.05, 3.63) is 48.6 Å². The molecule has 0 heterocycles. The maximum Gasteiger partial charge on any atom is 0.472 e. The predicted octanol–water partition coefficient (Wildman–Crippen LogP) is 13.5. The van der Waals surface area contributed by atoms with Crippen LogP contribution in [0.15, 0.2) is 48.6 Å². The highest BCUT2D eigenvalue weighted by molar-refractivity contribution is 7.47. The van der Waals surface area contributed by atoms with E-state index in [1.54, 1.807) is 0 Å². The van der Waals surface area contributed by atoms with Crippen LogP contribution in [0, 0.1) is 0 Å². The van der Waals surface area contributed by atoms with Crippen molar-refractivity contribution in [1.29, 1.82) is 0 Å². The van der Waals surface area contributed by atoms with Gasteiger partial charge in [-0.3, -0.25) is 18.6 Å². The monoisotopic (exact) mass is 824 g/mol. The van der Waals surface area contributed by atoms with Crippen LogP contribution in [0.2, 0.25) is 0 Å². The molecule has 3 N–H and O–H groups in total. The van der Waals surface area contributed by atoms with Gasteiger partial charge in [-0.15, -0.1) is 0 Å². The topological polar surface area (TPSA) is 134 Å². The lowest BCUT2D eigenvalue weighted by atomic mass is 10.0. The predicted molar refractivity (Wildman–Crippen MR) is 238 cm³/mol. The lowest BCUT2D eigenvalue weighted by Gasteiger charge is -2.19. The molecule has 0 aromatic rings. The molecule has 0 aliphatic carbocycles. The summed E-state index contributed by atoms with van der Waals surface area (Å²) in [5, 5.41) is 0. The molecule has 0 rings (SSSR count). The fourth-order valence-electron chi connectivity index (χ4n) is 6.27. The van der Waals surface area contributed by atoms with Gasteiger partial charge in [0, 0.05) is 19.4 Å². The van der Waals surface area contributed by atoms with Crippen molar-refractivity contribution in [2.45, 2.75) is 213 Å². The van der Waals surface area contributed by atoms with Crippen molar-refractivity contribution in [1.82, 2.24) is 0 Å². The van der Waals surface area contributed by atoms with Crippen LogP contribution in [-0.2, 0) is 32.7 Å². The van der Waals surface area contributed by atoms with Crippen LogP contribution in [0.25, 0.3) is 0 Å². The first-order valence-corrected chi connectivity index (χ1v) is 24.6. The Balaban J connectivity index is 4.17. The highest BCUT2D eigenvalue weighted by Gasteiger charge is 2.26. The minimum absolute atomic E-state index is 0.0485. The molecule has 0 amide bonds. The Morgan fingerprint density at radius 3 is 1.39 bits per heavy atom. The molecule has 0 aliphatic heterocycles. The highest BCUT2D eigenvalue weighted by Crippen LogP contribution is 2.43. The molecule has 0 saturated heterocycles. The van der Waals surface area contributed by atoms with Gasteiger partial charge in [0.15, 0.2) is 6.10 Å². The SMILES string of the molecule is CCCCCC=CCC=CCC=CCC=CCCCCCC(=O)OCC(COP(=O)(O)OCCN)OC(=O)CCCCCCCCCCCCCCCCCCC. The summed E-state index contributed by atoms with van der Waals surface area (Å²) in [6.07, 6.45) is 49.9. The third-order valence-electron chi connectivity index (χ3n) is 9.72. The first-order valence-electron chi connectivity index (χ1n) is 23.1. The Bertz CT molecular complexity index is 1080. The van der Waals surface area contributed by atoms with Crippen LogP contribution in [-0.4, -0.2) is 49.3 Å². The molecule has 57 heavy (non-hydrogen) atoms. The number of hydrogen-bond acceptors (Lipinski definition) is 8. The molecule has 2 unspecified atom stereocenters. The van der Waals surface area contributed by atoms with E-state index in [4.69, 9.17) is 24.3 Å². The van der Waals surface area contributed by atoms with E-state index in [9.17, 15) is 19.0 Å². The number of unbranched alkanes of at least 4 members (excludes halogenated alkanes) is 22. The van der Waals surface area contributed by atoms with E-state index in [0.29, 0.717) is 12.8 Å². The number of nitrogens with two attached hydrogens (primary N) is 1. The quantitative estimate of drug-likeness (QED) is 0.0267. The third-order valence-corrected chi connectivity index (χ3v) is 10.7. The summed E-state index contributed by atoms with van der Waals surface area (Å²) >= 11 is 0. The lowest BCUT2D eigenvalue weighted by Crippen LogP contribution is -2.29. The van der Waals surface area contributed by atoms with Crippen LogP contribution in [0.1, 0.15) is 206 Å². The van der Waals surface area contributed by atoms with Gasteiger partial charge in [-0.2, -0.15) is 0 Å². The molecule has 0 aliphatic rings. The Kier molecular flexibility index (Phi) is 42.0. The Labute approximate surface area is 349 Å². The van der Waals surface area contributed by atoms with Gasteiger partial charge in [-0.1, -0.05) is 184 Å². The molecule has 9 nitrogen and oxygen atoms in total. The Hall–Kier alpha value is -2.03. The smallest absolute Gasteiger partial charge is 0.462 e. The number of ether oxygens (including phenoxy) is 2. The van der Waals surface area contributed by atoms with Crippen LogP contribution in [0.3, 0.4) is 0 Å². The van der Waals surface area contributed by atoms with E-state index < -0.39 is 32.5 Å². The molecule has 0 bridgehead atoms. The van der Waals surface area contributed by atoms with E-state index >= 15 is 0 Å². The molecule has 0 aromatic carbocycles. The van der Waals surface area contributed by atoms with E-state index in [-0.39, 0.29) is 32.6 Å². The fourth-order valence-corrected chi connectivity index (χ4v) is 7.03. The number of esters is 2. The molecule has 0 fully saturated rings. The van der Waals surface area contributed by atoms with Gasteiger partial charge >= 0.3 is 19.8 Å². The first kappa shape index (κ1) is 55.0. The number of phosphoric ester groups is 1. The molecule has 0 spiro atoms. The van der Waals surface area contributed by atoms with E-state index in [1.165, 1.54) is 116 Å². The van der Waals surface area contributed by atoms with Crippen molar-refractivity contribution in [2.24, 2.45) is 5.73 Å². The average Bonchev–Trinajstić information content (AvgIpc) is 3.20. The second-order valence-electron chi connectivity index (χ2n) is 15.3. The van der Waals surface area contributed by atoms with E-state index in [1.807, 2.05) is 0 Å². The number of phosphoric acid groups is 1. The molecular formula is C47H86NO8P. The first-order chi connectivity index (χ1) is 27.8. The fraction of sp³-hybridized carbons (Fsp3) is 0.787. The van der Waals surface area contributed by atoms with Gasteiger partial charge in [0.25, 0.3) is 0 Å². The van der Waals surface area contributed by atoms with Crippen LogP contribution in [0.5, 0.6) is 0 Å². The molecule has 10 heteroatoms. The Morgan fingerprint density at radius 2 is 0.912 bits per heavy atom. The van der Waals surface area contributed by atoms with Crippen molar-refractivity contribution in [3.63, 3.8) is 0 Å². The van der Waals surface area contributed by atoms with E-state index in [2.05, 4.69) is 62.5 Å². The summed E-state index contributed by atoms with van der Waals surface area (Å²) < 4.78 is 32.8. The lowest BCUT2D eigenvalue weighted by molar-refractivity contribution is -0.161. The second-order valence-corrected chi connectivity index (χ2v) is 16.7. The molecule has 0 aromatic heterocycles. The summed E-state index contributed by atoms with van der Waals surface area (Å²) in [5.41, 5.74) is 5.35. The van der Waals surface area contributed by atoms with E-state index in [0.717, 1.165) is 51.4 Å². The Morgan fingerprint density at radius 1 is 0.526 bits per heavy atom. The van der Waals surface area contributed by atoms with Crippen molar-refractivity contribution in [2.75, 3.05) is 26.4 Å². The minimum Gasteiger partial charge on any atom is -0.462 e. The van der Waals surface area contributed by atoms with Crippen LogP contribution < -0.4 is 5.73 Å². The molecule has 332 valence electrons. The van der Waals surface area contributed by atoms with Crippen LogP contribution >= 0.6 is 7.82 Å². The number of carbonyl (C=O) groups is 2. The van der Waals surface area contributed by atoms with Crippen LogP contribution in [0.4, 0.5) is 0 Å². The molecular weight excluding hydrogens is 737 g/mol. The van der Waals surface area contributed by atoms with Gasteiger partial charge in [0.1, 0.15) is 6.61 Å². The van der Waals surface area contributed by atoms with Gasteiger partial charge in [-0.25, -0.2) is 4.57 Å². The zero-order valence-electron chi connectivity index (χ0n) is 36.6. The zero-order valence-corrected chi connectivity index (χ0v) is 37.5. The average molecular weight is 824 g/mol. The van der Waals surface area contributed by atoms with Crippen molar-refractivity contribution < 1.29 is 37.6 Å². The highest BCUT2D eigenvalue weighted by atomic mass is 31.2. The molecule has 2 atom stereocenters. The largest absolute Gasteiger partial charge is 0.472 e. The molecule has 0 saturated carbocycles.